The molecule has 0 aliphatic carbocycles. The van der Waals surface area contributed by atoms with E-state index in [9.17, 15) is 34.2 Å². The van der Waals surface area contributed by atoms with Crippen LogP contribution in [-0.2, 0) is 19.2 Å². The van der Waals surface area contributed by atoms with Crippen LogP contribution >= 0.6 is 0 Å². The summed E-state index contributed by atoms with van der Waals surface area (Å²) in [6, 6.07) is 17.7. The van der Waals surface area contributed by atoms with E-state index < -0.39 is 40.9 Å². The number of amides is 3. The number of aromatic carboxylic acids is 1. The number of hydrogen-bond donors (Lipinski definition) is 3. The Morgan fingerprint density at radius 2 is 1.51 bits per heavy atom. The predicted molar refractivity (Wildman–Crippen MR) is 146 cm³/mol. The fourth-order valence-electron chi connectivity index (χ4n) is 4.61. The number of anilines is 2. The van der Waals surface area contributed by atoms with Crippen molar-refractivity contribution in [3.05, 3.63) is 72.3 Å². The number of para-hydroxylation sites is 1. The highest BCUT2D eigenvalue weighted by Crippen LogP contribution is 2.34. The molecule has 3 amide bonds. The van der Waals surface area contributed by atoms with Gasteiger partial charge in [-0.05, 0) is 36.9 Å². The molecule has 3 aromatic rings. The van der Waals surface area contributed by atoms with E-state index in [2.05, 4.69) is 5.32 Å². The van der Waals surface area contributed by atoms with Gasteiger partial charge in [-0.2, -0.15) is 0 Å². The highest BCUT2D eigenvalue weighted by molar-refractivity contribution is 6.39. The first-order chi connectivity index (χ1) is 18.5. The van der Waals surface area contributed by atoms with Crippen molar-refractivity contribution in [3.63, 3.8) is 0 Å². The van der Waals surface area contributed by atoms with Gasteiger partial charge >= 0.3 is 17.8 Å². The van der Waals surface area contributed by atoms with Crippen LogP contribution in [0, 0.1) is 0 Å². The first-order valence-electron chi connectivity index (χ1n) is 12.5. The average molecular weight is 534 g/mol. The SMILES string of the molecule is CCCCCN(C(C)=O)[C@@](C)(C(=O)Nc1cccc2ccccc12)N(C(=O)C(=O)O)c1ccccc1C(=O)O. The average Bonchev–Trinajstić information content (AvgIpc) is 2.91. The van der Waals surface area contributed by atoms with Gasteiger partial charge in [0.25, 0.3) is 5.91 Å². The van der Waals surface area contributed by atoms with Crippen LogP contribution in [0.4, 0.5) is 11.4 Å². The summed E-state index contributed by atoms with van der Waals surface area (Å²) >= 11 is 0. The van der Waals surface area contributed by atoms with E-state index in [0.717, 1.165) is 16.7 Å². The number of unbranched alkanes of at least 4 members (excludes halogenated alkanes) is 2. The molecule has 3 N–H and O–H groups in total. The highest BCUT2D eigenvalue weighted by atomic mass is 16.4. The van der Waals surface area contributed by atoms with Crippen LogP contribution < -0.4 is 10.2 Å². The molecular weight excluding hydrogens is 502 g/mol. The van der Waals surface area contributed by atoms with E-state index in [0.29, 0.717) is 28.8 Å². The molecule has 1 atom stereocenters. The van der Waals surface area contributed by atoms with Crippen LogP contribution in [0.3, 0.4) is 0 Å². The number of rotatable bonds is 10. The summed E-state index contributed by atoms with van der Waals surface area (Å²) < 4.78 is 0. The molecule has 3 aromatic carbocycles. The number of carbonyl (C=O) groups is 5. The van der Waals surface area contributed by atoms with E-state index in [4.69, 9.17) is 0 Å². The van der Waals surface area contributed by atoms with Crippen molar-refractivity contribution in [1.82, 2.24) is 4.90 Å². The lowest BCUT2D eigenvalue weighted by Crippen LogP contribution is -2.69. The third-order valence-corrected chi connectivity index (χ3v) is 6.56. The Hall–Kier alpha value is -4.73. The standard InChI is InChI=1S/C29H31N3O7/c1-4-5-10-18-31(19(2)33)29(3,28(39)30-23-16-11-13-20-12-6-7-14-21(20)23)32(25(34)27(37)38)24-17-9-8-15-22(24)26(35)36/h6-9,11-17H,4-5,10,18H2,1-3H3,(H,30,39)(H,35,36)(H,37,38)/t29-/m1/s1. The molecule has 39 heavy (non-hydrogen) atoms. The Bertz CT molecular complexity index is 1420. The molecule has 10 nitrogen and oxygen atoms in total. The number of hydrogen-bond acceptors (Lipinski definition) is 5. The third-order valence-electron chi connectivity index (χ3n) is 6.56. The van der Waals surface area contributed by atoms with E-state index in [-0.39, 0.29) is 12.2 Å². The zero-order chi connectivity index (χ0) is 28.7. The van der Waals surface area contributed by atoms with Crippen LogP contribution in [0.25, 0.3) is 10.8 Å². The Kier molecular flexibility index (Phi) is 9.03. The molecule has 0 unspecified atom stereocenters. The largest absolute Gasteiger partial charge is 0.478 e. The lowest BCUT2D eigenvalue weighted by Gasteiger charge is -2.46. The van der Waals surface area contributed by atoms with Crippen LogP contribution in [-0.4, -0.2) is 57.0 Å². The van der Waals surface area contributed by atoms with E-state index in [1.54, 1.807) is 24.3 Å². The minimum absolute atomic E-state index is 0.0151. The topological polar surface area (TPSA) is 144 Å². The molecule has 204 valence electrons. The molecule has 0 heterocycles. The van der Waals surface area contributed by atoms with Gasteiger partial charge in [-0.25, -0.2) is 9.59 Å². The van der Waals surface area contributed by atoms with E-state index in [1.807, 2.05) is 25.1 Å². The lowest BCUT2D eigenvalue weighted by atomic mass is 10.0. The number of nitrogens with zero attached hydrogens (tertiary/aromatic N) is 2. The van der Waals surface area contributed by atoms with Crippen LogP contribution in [0.5, 0.6) is 0 Å². The zero-order valence-corrected chi connectivity index (χ0v) is 22.0. The number of carbonyl (C=O) groups excluding carboxylic acids is 3. The van der Waals surface area contributed by atoms with Gasteiger partial charge in [0.1, 0.15) is 0 Å². The molecule has 0 saturated heterocycles. The summed E-state index contributed by atoms with van der Waals surface area (Å²) in [5, 5.41) is 23.9. The van der Waals surface area contributed by atoms with Crippen molar-refractivity contribution in [1.29, 1.82) is 0 Å². The van der Waals surface area contributed by atoms with Gasteiger partial charge in [-0.3, -0.25) is 19.3 Å². The first-order valence-corrected chi connectivity index (χ1v) is 12.5. The minimum atomic E-state index is -2.27. The maximum Gasteiger partial charge on any atom is 0.395 e. The molecule has 0 fully saturated rings. The molecule has 0 aromatic heterocycles. The molecule has 0 aliphatic heterocycles. The first kappa shape index (κ1) is 28.8. The van der Waals surface area contributed by atoms with Crippen molar-refractivity contribution in [3.8, 4) is 0 Å². The quantitative estimate of drug-likeness (QED) is 0.200. The lowest BCUT2D eigenvalue weighted by molar-refractivity contribution is -0.153. The molecule has 0 spiro atoms. The van der Waals surface area contributed by atoms with Crippen molar-refractivity contribution < 1.29 is 34.2 Å². The Morgan fingerprint density at radius 1 is 0.872 bits per heavy atom. The molecule has 0 aliphatic rings. The van der Waals surface area contributed by atoms with Crippen molar-refractivity contribution in [2.75, 3.05) is 16.8 Å². The van der Waals surface area contributed by atoms with Gasteiger partial charge in [0.15, 0.2) is 0 Å². The van der Waals surface area contributed by atoms with E-state index in [1.165, 1.54) is 38.1 Å². The third kappa shape index (κ3) is 5.90. The van der Waals surface area contributed by atoms with Crippen LogP contribution in [0.2, 0.25) is 0 Å². The number of aliphatic carboxylic acids is 1. The second-order valence-electron chi connectivity index (χ2n) is 9.15. The van der Waals surface area contributed by atoms with Crippen molar-refractivity contribution in [2.24, 2.45) is 0 Å². The molecule has 0 bridgehead atoms. The van der Waals surface area contributed by atoms with Crippen LogP contribution in [0.15, 0.2) is 66.7 Å². The highest BCUT2D eigenvalue weighted by Gasteiger charge is 2.51. The number of carboxylic acids is 2. The summed E-state index contributed by atoms with van der Waals surface area (Å²) in [4.78, 5) is 66.5. The Balaban J connectivity index is 2.29. The number of fused-ring (bicyclic) bond motifs is 1. The maximum absolute atomic E-state index is 14.2. The number of carboxylic acid groups (broad SMARTS) is 2. The summed E-state index contributed by atoms with van der Waals surface area (Å²) in [5.41, 5.74) is -2.64. The second kappa shape index (κ2) is 12.2. The summed E-state index contributed by atoms with van der Waals surface area (Å²) in [7, 11) is 0. The zero-order valence-electron chi connectivity index (χ0n) is 22.0. The van der Waals surface area contributed by atoms with Gasteiger partial charge in [0, 0.05) is 24.5 Å². The molecule has 0 saturated carbocycles. The van der Waals surface area contributed by atoms with Crippen molar-refractivity contribution >= 4 is 51.8 Å². The normalized spacial score (nSPS) is 12.3. The molecular formula is C29H31N3O7. The molecule has 0 radical (unpaired) electrons. The van der Waals surface area contributed by atoms with Gasteiger partial charge in [-0.15, -0.1) is 0 Å². The summed E-state index contributed by atoms with van der Waals surface area (Å²) in [5.74, 6) is -6.42. The van der Waals surface area contributed by atoms with Gasteiger partial charge < -0.3 is 20.4 Å². The fraction of sp³-hybridized carbons (Fsp3) is 0.276. The Labute approximate surface area is 225 Å². The van der Waals surface area contributed by atoms with Gasteiger partial charge in [0.05, 0.1) is 11.3 Å². The maximum atomic E-state index is 14.2. The van der Waals surface area contributed by atoms with Crippen molar-refractivity contribution in [2.45, 2.75) is 45.7 Å². The number of nitrogens with one attached hydrogen (secondary N) is 1. The summed E-state index contributed by atoms with van der Waals surface area (Å²) in [6.45, 7) is 4.43. The second-order valence-corrected chi connectivity index (χ2v) is 9.15. The minimum Gasteiger partial charge on any atom is -0.478 e. The van der Waals surface area contributed by atoms with Gasteiger partial charge in [0.2, 0.25) is 11.6 Å². The molecule has 3 rings (SSSR count). The number of benzene rings is 3. The fourth-order valence-corrected chi connectivity index (χ4v) is 4.61. The summed E-state index contributed by atoms with van der Waals surface area (Å²) in [6.07, 6.45) is 1.95. The predicted octanol–water partition coefficient (Wildman–Crippen LogP) is 4.35. The molecule has 10 heteroatoms. The van der Waals surface area contributed by atoms with Crippen LogP contribution in [0.1, 0.15) is 50.4 Å². The van der Waals surface area contributed by atoms with E-state index >= 15 is 0 Å². The van der Waals surface area contributed by atoms with Gasteiger partial charge in [-0.1, -0.05) is 68.3 Å². The monoisotopic (exact) mass is 533 g/mol. The smallest absolute Gasteiger partial charge is 0.395 e. The Morgan fingerprint density at radius 3 is 2.15 bits per heavy atom.